The van der Waals surface area contributed by atoms with Crippen LogP contribution in [0.2, 0.25) is 0 Å². The second-order valence-electron chi connectivity index (χ2n) is 5.29. The Kier molecular flexibility index (Phi) is 5.03. The van der Waals surface area contributed by atoms with Crippen molar-refractivity contribution >= 4 is 28.2 Å². The minimum Gasteiger partial charge on any atom is -0.340 e. The average molecular weight is 297 g/mol. The van der Waals surface area contributed by atoms with Gasteiger partial charge in [-0.25, -0.2) is 8.42 Å². The Labute approximate surface area is 115 Å². The molecule has 2 rings (SSSR count). The van der Waals surface area contributed by atoms with Crippen LogP contribution in [0.3, 0.4) is 0 Å². The lowest BCUT2D eigenvalue weighted by Crippen LogP contribution is -2.53. The molecule has 1 unspecified atom stereocenters. The maximum absolute atomic E-state index is 12.4. The lowest BCUT2D eigenvalue weighted by atomic mass is 9.81. The molecule has 2 heterocycles. The predicted molar refractivity (Wildman–Crippen MR) is 72.7 cm³/mol. The molecule has 1 atom stereocenters. The molecule has 0 spiro atoms. The van der Waals surface area contributed by atoms with Crippen LogP contribution >= 0.6 is 12.4 Å². The highest BCUT2D eigenvalue weighted by Gasteiger charge is 2.39. The minimum absolute atomic E-state index is 0. The van der Waals surface area contributed by atoms with Crippen LogP contribution in [0.1, 0.15) is 19.8 Å². The van der Waals surface area contributed by atoms with Crippen molar-refractivity contribution in [2.75, 3.05) is 37.7 Å². The zero-order chi connectivity index (χ0) is 12.5. The van der Waals surface area contributed by atoms with Gasteiger partial charge < -0.3 is 10.2 Å². The third-order valence-electron chi connectivity index (χ3n) is 3.75. The summed E-state index contributed by atoms with van der Waals surface area (Å²) in [5.41, 5.74) is -0.348. The summed E-state index contributed by atoms with van der Waals surface area (Å²) in [6, 6.07) is 0. The Hall–Kier alpha value is -0.330. The monoisotopic (exact) mass is 296 g/mol. The van der Waals surface area contributed by atoms with Crippen molar-refractivity contribution in [2.24, 2.45) is 5.41 Å². The lowest BCUT2D eigenvalue weighted by molar-refractivity contribution is -0.141. The third-order valence-corrected chi connectivity index (χ3v) is 5.35. The summed E-state index contributed by atoms with van der Waals surface area (Å²) in [7, 11) is -2.91. The SMILES string of the molecule is CC1(C(=O)N2CCS(=O)(=O)CC2)CCCNC1.Cl. The second kappa shape index (κ2) is 5.75. The van der Waals surface area contributed by atoms with E-state index in [0.29, 0.717) is 19.6 Å². The summed E-state index contributed by atoms with van der Waals surface area (Å²) in [5.74, 6) is 0.337. The maximum atomic E-state index is 12.4. The van der Waals surface area contributed by atoms with E-state index in [9.17, 15) is 13.2 Å². The van der Waals surface area contributed by atoms with Crippen LogP contribution < -0.4 is 5.32 Å². The van der Waals surface area contributed by atoms with E-state index in [4.69, 9.17) is 0 Å². The third kappa shape index (κ3) is 3.36. The van der Waals surface area contributed by atoms with Gasteiger partial charge in [-0.05, 0) is 26.3 Å². The van der Waals surface area contributed by atoms with Gasteiger partial charge >= 0.3 is 0 Å². The molecule has 0 radical (unpaired) electrons. The van der Waals surface area contributed by atoms with Gasteiger partial charge in [-0.1, -0.05) is 0 Å². The standard InChI is InChI=1S/C11H20N2O3S.ClH/c1-11(3-2-4-12-9-11)10(14)13-5-7-17(15,16)8-6-13;/h12H,2-9H2,1H3;1H. The zero-order valence-corrected chi connectivity index (χ0v) is 12.3. The molecule has 0 saturated carbocycles. The fourth-order valence-corrected chi connectivity index (χ4v) is 3.74. The molecule has 0 aromatic carbocycles. The number of hydrogen-bond acceptors (Lipinski definition) is 4. The number of nitrogens with zero attached hydrogens (tertiary/aromatic N) is 1. The smallest absolute Gasteiger partial charge is 0.229 e. The first-order chi connectivity index (χ1) is 7.93. The zero-order valence-electron chi connectivity index (χ0n) is 10.6. The summed E-state index contributed by atoms with van der Waals surface area (Å²) in [4.78, 5) is 14.1. The Morgan fingerprint density at radius 2 is 1.89 bits per heavy atom. The molecular weight excluding hydrogens is 276 g/mol. The van der Waals surface area contributed by atoms with E-state index in [1.54, 1.807) is 4.90 Å². The van der Waals surface area contributed by atoms with Crippen molar-refractivity contribution in [1.29, 1.82) is 0 Å². The van der Waals surface area contributed by atoms with Gasteiger partial charge in [0.1, 0.15) is 0 Å². The topological polar surface area (TPSA) is 66.5 Å². The van der Waals surface area contributed by atoms with Crippen LogP contribution in [-0.2, 0) is 14.6 Å². The summed E-state index contributed by atoms with van der Waals surface area (Å²) < 4.78 is 22.6. The fraction of sp³-hybridized carbons (Fsp3) is 0.909. The van der Waals surface area contributed by atoms with Crippen molar-refractivity contribution in [1.82, 2.24) is 10.2 Å². The van der Waals surface area contributed by atoms with Gasteiger partial charge in [-0.2, -0.15) is 0 Å². The van der Waals surface area contributed by atoms with E-state index in [-0.39, 0.29) is 35.2 Å². The lowest BCUT2D eigenvalue weighted by Gasteiger charge is -2.38. The number of hydrogen-bond donors (Lipinski definition) is 1. The number of nitrogens with one attached hydrogen (secondary N) is 1. The molecule has 2 aliphatic heterocycles. The van der Waals surface area contributed by atoms with E-state index in [0.717, 1.165) is 19.4 Å². The molecule has 0 aliphatic carbocycles. The molecule has 106 valence electrons. The fourth-order valence-electron chi connectivity index (χ4n) is 2.54. The van der Waals surface area contributed by atoms with Gasteiger partial charge in [0.05, 0.1) is 16.9 Å². The number of carbonyl (C=O) groups excluding carboxylic acids is 1. The molecule has 0 aromatic heterocycles. The van der Waals surface area contributed by atoms with E-state index in [1.807, 2.05) is 6.92 Å². The Bertz CT molecular complexity index is 391. The van der Waals surface area contributed by atoms with E-state index in [2.05, 4.69) is 5.32 Å². The molecule has 7 heteroatoms. The molecule has 1 N–H and O–H groups in total. The van der Waals surface area contributed by atoms with Crippen LogP contribution in [0, 0.1) is 5.41 Å². The first kappa shape index (κ1) is 15.7. The molecule has 1 amide bonds. The molecule has 2 aliphatic rings. The summed E-state index contributed by atoms with van der Waals surface area (Å²) in [6.45, 7) is 4.37. The molecule has 2 saturated heterocycles. The Balaban J connectivity index is 0.00000162. The van der Waals surface area contributed by atoms with Crippen LogP contribution in [0.4, 0.5) is 0 Å². The number of rotatable bonds is 1. The summed E-state index contributed by atoms with van der Waals surface area (Å²) in [6.07, 6.45) is 1.90. The summed E-state index contributed by atoms with van der Waals surface area (Å²) in [5, 5.41) is 3.25. The van der Waals surface area contributed by atoms with Crippen molar-refractivity contribution in [3.8, 4) is 0 Å². The molecule has 5 nitrogen and oxygen atoms in total. The van der Waals surface area contributed by atoms with Gasteiger partial charge in [-0.15, -0.1) is 12.4 Å². The number of piperidine rings is 1. The molecule has 2 fully saturated rings. The largest absolute Gasteiger partial charge is 0.340 e. The molecule has 18 heavy (non-hydrogen) atoms. The van der Waals surface area contributed by atoms with E-state index >= 15 is 0 Å². The van der Waals surface area contributed by atoms with Gasteiger partial charge in [0.25, 0.3) is 0 Å². The first-order valence-electron chi connectivity index (χ1n) is 6.14. The highest BCUT2D eigenvalue weighted by Crippen LogP contribution is 2.28. The Morgan fingerprint density at radius 3 is 2.39 bits per heavy atom. The highest BCUT2D eigenvalue weighted by molar-refractivity contribution is 7.91. The van der Waals surface area contributed by atoms with Crippen LogP contribution in [-0.4, -0.2) is 56.9 Å². The molecular formula is C11H21ClN2O3S. The van der Waals surface area contributed by atoms with Gasteiger partial charge in [0, 0.05) is 19.6 Å². The maximum Gasteiger partial charge on any atom is 0.229 e. The normalized spacial score (nSPS) is 31.5. The number of carbonyl (C=O) groups is 1. The van der Waals surface area contributed by atoms with Crippen LogP contribution in [0.5, 0.6) is 0 Å². The number of amides is 1. The van der Waals surface area contributed by atoms with E-state index in [1.165, 1.54) is 0 Å². The predicted octanol–water partition coefficient (Wildman–Crippen LogP) is 0.0549. The first-order valence-corrected chi connectivity index (χ1v) is 7.96. The minimum atomic E-state index is -2.91. The van der Waals surface area contributed by atoms with Crippen LogP contribution in [0.15, 0.2) is 0 Å². The quantitative estimate of drug-likeness (QED) is 0.743. The van der Waals surface area contributed by atoms with Crippen molar-refractivity contribution in [3.05, 3.63) is 0 Å². The van der Waals surface area contributed by atoms with Gasteiger partial charge in [-0.3, -0.25) is 4.79 Å². The second-order valence-corrected chi connectivity index (χ2v) is 7.59. The highest BCUT2D eigenvalue weighted by atomic mass is 35.5. The van der Waals surface area contributed by atoms with Crippen molar-refractivity contribution in [3.63, 3.8) is 0 Å². The number of sulfone groups is 1. The number of halogens is 1. The van der Waals surface area contributed by atoms with Gasteiger partial charge in [0.15, 0.2) is 9.84 Å². The van der Waals surface area contributed by atoms with Crippen molar-refractivity contribution < 1.29 is 13.2 Å². The van der Waals surface area contributed by atoms with E-state index < -0.39 is 9.84 Å². The van der Waals surface area contributed by atoms with Gasteiger partial charge in [0.2, 0.25) is 5.91 Å². The van der Waals surface area contributed by atoms with Crippen molar-refractivity contribution in [2.45, 2.75) is 19.8 Å². The summed E-state index contributed by atoms with van der Waals surface area (Å²) >= 11 is 0. The Morgan fingerprint density at radius 1 is 1.28 bits per heavy atom. The average Bonchev–Trinajstić information content (AvgIpc) is 2.29. The molecule has 0 aromatic rings. The molecule has 0 bridgehead atoms. The van der Waals surface area contributed by atoms with Crippen LogP contribution in [0.25, 0.3) is 0 Å².